The highest BCUT2D eigenvalue weighted by atomic mass is 16.5. The molecule has 0 aliphatic rings. The Morgan fingerprint density at radius 1 is 1.25 bits per heavy atom. The summed E-state index contributed by atoms with van der Waals surface area (Å²) in [6.45, 7) is 1.64. The van der Waals surface area contributed by atoms with E-state index in [0.29, 0.717) is 6.61 Å². The lowest BCUT2D eigenvalue weighted by molar-refractivity contribution is -0.145. The molecule has 1 rings (SSSR count). The van der Waals surface area contributed by atoms with Gasteiger partial charge < -0.3 is 4.74 Å². The van der Waals surface area contributed by atoms with Crippen molar-refractivity contribution in [3.05, 3.63) is 35.9 Å². The van der Waals surface area contributed by atoms with Gasteiger partial charge in [0.1, 0.15) is 6.61 Å². The summed E-state index contributed by atoms with van der Waals surface area (Å²) < 4.78 is 5.21. The minimum absolute atomic E-state index is 0.0784. The molecule has 4 heteroatoms. The van der Waals surface area contributed by atoms with Gasteiger partial charge in [-0.05, 0) is 5.56 Å². The molecule has 0 unspecified atom stereocenters. The number of hydrogen-bond acceptors (Lipinski definition) is 3. The lowest BCUT2D eigenvalue weighted by atomic mass is 10.2. The van der Waals surface area contributed by atoms with E-state index in [1.54, 1.807) is 0 Å². The van der Waals surface area contributed by atoms with Crippen LogP contribution in [0.1, 0.15) is 12.5 Å². The summed E-state index contributed by atoms with van der Waals surface area (Å²) in [4.78, 5) is 23.3. The molecule has 0 fully saturated rings. The van der Waals surface area contributed by atoms with Gasteiger partial charge in [-0.25, -0.2) is 0 Å². The van der Waals surface area contributed by atoms with E-state index in [9.17, 15) is 9.59 Å². The van der Waals surface area contributed by atoms with E-state index in [4.69, 9.17) is 4.74 Å². The molecule has 1 aromatic rings. The van der Waals surface area contributed by atoms with Crippen LogP contribution in [0.5, 0.6) is 0 Å². The van der Waals surface area contributed by atoms with Crippen molar-refractivity contribution in [1.29, 1.82) is 0 Å². The molecule has 0 saturated carbocycles. The van der Waals surface area contributed by atoms with Crippen molar-refractivity contribution in [3.8, 4) is 0 Å². The van der Waals surface area contributed by atoms with Crippen LogP contribution in [0, 0.1) is 0 Å². The van der Waals surface area contributed by atoms with Gasteiger partial charge in [0.05, 0.1) is 6.61 Å². The van der Waals surface area contributed by atoms with E-state index in [2.05, 4.69) is 0 Å². The van der Waals surface area contributed by atoms with Crippen LogP contribution in [0.3, 0.4) is 0 Å². The summed E-state index contributed by atoms with van der Waals surface area (Å²) in [5.74, 6) is -0.614. The summed E-state index contributed by atoms with van der Waals surface area (Å²) >= 11 is 0. The van der Waals surface area contributed by atoms with Crippen molar-refractivity contribution in [2.45, 2.75) is 13.5 Å². The maximum absolute atomic E-state index is 11.4. The van der Waals surface area contributed by atoms with Gasteiger partial charge in [0.15, 0.2) is 0 Å². The topological polar surface area (TPSA) is 46.6 Å². The third kappa shape index (κ3) is 3.82. The lowest BCUT2D eigenvalue weighted by Crippen LogP contribution is -2.33. The van der Waals surface area contributed by atoms with Gasteiger partial charge in [-0.15, -0.1) is 0 Å². The Kier molecular flexibility index (Phi) is 4.66. The fraction of sp³-hybridized carbons (Fsp3) is 0.333. The van der Waals surface area contributed by atoms with Crippen molar-refractivity contribution >= 4 is 11.8 Å². The van der Waals surface area contributed by atoms with Crippen molar-refractivity contribution < 1.29 is 14.3 Å². The summed E-state index contributed by atoms with van der Waals surface area (Å²) in [5.41, 5.74) is 1.00. The van der Waals surface area contributed by atoms with Gasteiger partial charge in [0.25, 0.3) is 5.91 Å². The fourth-order valence-electron chi connectivity index (χ4n) is 1.10. The molecule has 0 atom stereocenters. The Morgan fingerprint density at radius 2 is 1.88 bits per heavy atom. The van der Waals surface area contributed by atoms with Gasteiger partial charge in [-0.1, -0.05) is 30.3 Å². The molecule has 86 valence electrons. The SMILES string of the molecule is CC(=O)N(C)C(=O)COCc1ccccc1. The quantitative estimate of drug-likeness (QED) is 0.767. The third-order valence-electron chi connectivity index (χ3n) is 2.18. The van der Waals surface area contributed by atoms with Gasteiger partial charge in [-0.3, -0.25) is 14.5 Å². The highest BCUT2D eigenvalue weighted by molar-refractivity contribution is 5.94. The number of rotatable bonds is 4. The molecular formula is C12H15NO3. The van der Waals surface area contributed by atoms with Crippen molar-refractivity contribution in [3.63, 3.8) is 0 Å². The van der Waals surface area contributed by atoms with Crippen LogP contribution in [0.15, 0.2) is 30.3 Å². The summed E-state index contributed by atoms with van der Waals surface area (Å²) in [6.07, 6.45) is 0. The fourth-order valence-corrected chi connectivity index (χ4v) is 1.10. The lowest BCUT2D eigenvalue weighted by Gasteiger charge is -2.12. The Morgan fingerprint density at radius 3 is 2.44 bits per heavy atom. The molecular weight excluding hydrogens is 206 g/mol. The molecule has 2 amide bonds. The molecule has 0 radical (unpaired) electrons. The zero-order valence-electron chi connectivity index (χ0n) is 9.47. The van der Waals surface area contributed by atoms with Crippen LogP contribution < -0.4 is 0 Å². The summed E-state index contributed by atoms with van der Waals surface area (Å²) in [6, 6.07) is 9.56. The normalized spacial score (nSPS) is 9.88. The summed E-state index contributed by atoms with van der Waals surface area (Å²) in [5, 5.41) is 0. The molecule has 0 bridgehead atoms. The molecule has 0 aliphatic carbocycles. The monoisotopic (exact) mass is 221 g/mol. The molecule has 16 heavy (non-hydrogen) atoms. The third-order valence-corrected chi connectivity index (χ3v) is 2.18. The predicted octanol–water partition coefficient (Wildman–Crippen LogP) is 1.21. The first-order chi connectivity index (χ1) is 7.61. The Balaban J connectivity index is 2.31. The molecule has 0 spiro atoms. The molecule has 0 saturated heterocycles. The van der Waals surface area contributed by atoms with Crippen molar-refractivity contribution in [2.24, 2.45) is 0 Å². The number of nitrogens with zero attached hydrogens (tertiary/aromatic N) is 1. The predicted molar refractivity (Wildman–Crippen MR) is 59.5 cm³/mol. The highest BCUT2D eigenvalue weighted by Gasteiger charge is 2.12. The number of carbonyl (C=O) groups excluding carboxylic acids is 2. The van der Waals surface area contributed by atoms with Crippen LogP contribution in [0.4, 0.5) is 0 Å². The van der Waals surface area contributed by atoms with E-state index >= 15 is 0 Å². The van der Waals surface area contributed by atoms with Crippen LogP contribution >= 0.6 is 0 Å². The Bertz CT molecular complexity index is 362. The van der Waals surface area contributed by atoms with E-state index in [1.807, 2.05) is 30.3 Å². The van der Waals surface area contributed by atoms with Crippen molar-refractivity contribution in [2.75, 3.05) is 13.7 Å². The molecule has 0 aliphatic heterocycles. The van der Waals surface area contributed by atoms with E-state index < -0.39 is 0 Å². The minimum atomic E-state index is -0.330. The Labute approximate surface area is 94.8 Å². The zero-order chi connectivity index (χ0) is 12.0. The number of likely N-dealkylation sites (N-methyl/N-ethyl adjacent to an activating group) is 1. The molecule has 0 heterocycles. The average molecular weight is 221 g/mol. The van der Waals surface area contributed by atoms with E-state index in [-0.39, 0.29) is 18.4 Å². The van der Waals surface area contributed by atoms with Crippen LogP contribution in [-0.4, -0.2) is 30.4 Å². The van der Waals surface area contributed by atoms with Gasteiger partial charge >= 0.3 is 0 Å². The standard InChI is InChI=1S/C12H15NO3/c1-10(14)13(2)12(15)9-16-8-11-6-4-3-5-7-11/h3-7H,8-9H2,1-2H3. The average Bonchev–Trinajstić information content (AvgIpc) is 2.29. The number of imide groups is 1. The number of carbonyl (C=O) groups is 2. The van der Waals surface area contributed by atoms with Crippen LogP contribution in [0.2, 0.25) is 0 Å². The second-order valence-electron chi connectivity index (χ2n) is 3.45. The first kappa shape index (κ1) is 12.4. The number of hydrogen-bond donors (Lipinski definition) is 0. The second kappa shape index (κ2) is 6.02. The smallest absolute Gasteiger partial charge is 0.254 e. The van der Waals surface area contributed by atoms with Gasteiger partial charge in [0, 0.05) is 14.0 Å². The second-order valence-corrected chi connectivity index (χ2v) is 3.45. The maximum atomic E-state index is 11.4. The number of benzene rings is 1. The highest BCUT2D eigenvalue weighted by Crippen LogP contribution is 2.00. The van der Waals surface area contributed by atoms with E-state index in [0.717, 1.165) is 10.5 Å². The molecule has 4 nitrogen and oxygen atoms in total. The first-order valence-electron chi connectivity index (χ1n) is 5.00. The van der Waals surface area contributed by atoms with Gasteiger partial charge in [-0.2, -0.15) is 0 Å². The first-order valence-corrected chi connectivity index (χ1v) is 5.00. The Hall–Kier alpha value is -1.68. The zero-order valence-corrected chi connectivity index (χ0v) is 9.47. The van der Waals surface area contributed by atoms with Crippen molar-refractivity contribution in [1.82, 2.24) is 4.90 Å². The number of ether oxygens (including phenoxy) is 1. The van der Waals surface area contributed by atoms with Gasteiger partial charge in [0.2, 0.25) is 5.91 Å². The minimum Gasteiger partial charge on any atom is -0.367 e. The summed E-state index contributed by atoms with van der Waals surface area (Å²) in [7, 11) is 1.44. The number of amides is 2. The largest absolute Gasteiger partial charge is 0.367 e. The van der Waals surface area contributed by atoms with E-state index in [1.165, 1.54) is 14.0 Å². The maximum Gasteiger partial charge on any atom is 0.254 e. The van der Waals surface area contributed by atoms with Crippen LogP contribution in [-0.2, 0) is 20.9 Å². The molecule has 0 N–H and O–H groups in total. The molecule has 0 aromatic heterocycles. The molecule has 1 aromatic carbocycles. The van der Waals surface area contributed by atoms with Crippen LogP contribution in [0.25, 0.3) is 0 Å².